The predicted octanol–water partition coefficient (Wildman–Crippen LogP) is 2.92. The maximum absolute atomic E-state index is 11.1. The second kappa shape index (κ2) is 5.00. The molecule has 108 valence electrons. The van der Waals surface area contributed by atoms with Crippen molar-refractivity contribution in [3.63, 3.8) is 0 Å². The fourth-order valence-electron chi connectivity index (χ4n) is 3.02. The fourth-order valence-corrected chi connectivity index (χ4v) is 3.02. The first-order valence-corrected chi connectivity index (χ1v) is 7.29. The van der Waals surface area contributed by atoms with Gasteiger partial charge >= 0.3 is 5.97 Å². The first kappa shape index (κ1) is 13.3. The minimum Gasteiger partial charge on any atom is -0.490 e. The number of rotatable bonds is 4. The van der Waals surface area contributed by atoms with Gasteiger partial charge < -0.3 is 14.6 Å². The van der Waals surface area contributed by atoms with Crippen LogP contribution in [0.2, 0.25) is 0 Å². The summed E-state index contributed by atoms with van der Waals surface area (Å²) >= 11 is 0. The van der Waals surface area contributed by atoms with E-state index in [-0.39, 0.29) is 11.8 Å². The largest absolute Gasteiger partial charge is 0.490 e. The molecule has 0 spiro atoms. The number of carbonyl (C=O) groups is 1. The first-order chi connectivity index (χ1) is 9.64. The molecule has 0 unspecified atom stereocenters. The number of aryl methyl sites for hydroxylation is 1. The average Bonchev–Trinajstić information content (AvgIpc) is 3.20. The van der Waals surface area contributed by atoms with Gasteiger partial charge in [0.1, 0.15) is 0 Å². The summed E-state index contributed by atoms with van der Waals surface area (Å²) in [5, 5.41) is 9.14. The Labute approximate surface area is 118 Å². The van der Waals surface area contributed by atoms with Gasteiger partial charge in [0.2, 0.25) is 0 Å². The van der Waals surface area contributed by atoms with E-state index in [2.05, 4.69) is 6.92 Å². The minimum absolute atomic E-state index is 0.179. The lowest BCUT2D eigenvalue weighted by molar-refractivity contribution is -0.137. The summed E-state index contributed by atoms with van der Waals surface area (Å²) in [7, 11) is 0. The van der Waals surface area contributed by atoms with E-state index in [0.717, 1.165) is 42.7 Å². The van der Waals surface area contributed by atoms with Gasteiger partial charge in [0, 0.05) is 11.8 Å². The van der Waals surface area contributed by atoms with Crippen molar-refractivity contribution in [2.75, 3.05) is 13.2 Å². The molecule has 1 saturated carbocycles. The molecule has 3 rings (SSSR count). The Balaban J connectivity index is 2.02. The van der Waals surface area contributed by atoms with Gasteiger partial charge in [0.05, 0.1) is 19.6 Å². The number of ether oxygens (including phenoxy) is 2. The normalized spacial score (nSPS) is 19.2. The van der Waals surface area contributed by atoms with Crippen LogP contribution in [0.5, 0.6) is 11.5 Å². The van der Waals surface area contributed by atoms with Gasteiger partial charge in [0.25, 0.3) is 0 Å². The van der Waals surface area contributed by atoms with Crippen LogP contribution in [0, 0.1) is 0 Å². The number of aliphatic carboxylic acids is 1. The van der Waals surface area contributed by atoms with E-state index in [9.17, 15) is 4.79 Å². The fraction of sp³-hybridized carbons (Fsp3) is 0.562. The Morgan fingerprint density at radius 1 is 1.25 bits per heavy atom. The van der Waals surface area contributed by atoms with Crippen LogP contribution in [0.3, 0.4) is 0 Å². The smallest absolute Gasteiger partial charge is 0.304 e. The molecule has 1 fully saturated rings. The van der Waals surface area contributed by atoms with Crippen molar-refractivity contribution >= 4 is 5.97 Å². The molecule has 0 atom stereocenters. The van der Waals surface area contributed by atoms with E-state index in [1.807, 2.05) is 12.1 Å². The lowest BCUT2D eigenvalue weighted by Gasteiger charge is -2.20. The Morgan fingerprint density at radius 3 is 2.45 bits per heavy atom. The van der Waals surface area contributed by atoms with E-state index in [4.69, 9.17) is 14.6 Å². The van der Waals surface area contributed by atoms with Gasteiger partial charge in [-0.1, -0.05) is 6.92 Å². The van der Waals surface area contributed by atoms with Gasteiger partial charge in [0.15, 0.2) is 11.5 Å². The van der Waals surface area contributed by atoms with Gasteiger partial charge in [-0.2, -0.15) is 0 Å². The summed E-state index contributed by atoms with van der Waals surface area (Å²) in [6.45, 7) is 3.43. The monoisotopic (exact) mass is 276 g/mol. The molecule has 4 nitrogen and oxygen atoms in total. The zero-order valence-corrected chi connectivity index (χ0v) is 11.8. The Morgan fingerprint density at radius 2 is 1.90 bits per heavy atom. The van der Waals surface area contributed by atoms with Crippen LogP contribution in [0.25, 0.3) is 0 Å². The third-order valence-electron chi connectivity index (χ3n) is 4.27. The van der Waals surface area contributed by atoms with Crippen LogP contribution >= 0.6 is 0 Å². The molecule has 1 aromatic carbocycles. The minimum atomic E-state index is -0.725. The third-order valence-corrected chi connectivity index (χ3v) is 4.27. The summed E-state index contributed by atoms with van der Waals surface area (Å²) in [6.07, 6.45) is 3.87. The van der Waals surface area contributed by atoms with Gasteiger partial charge in [-0.15, -0.1) is 0 Å². The highest BCUT2D eigenvalue weighted by Crippen LogP contribution is 2.54. The molecule has 1 heterocycles. The zero-order chi connectivity index (χ0) is 14.2. The van der Waals surface area contributed by atoms with Crippen molar-refractivity contribution in [1.29, 1.82) is 0 Å². The maximum atomic E-state index is 11.1. The summed E-state index contributed by atoms with van der Waals surface area (Å²) in [5.41, 5.74) is 2.15. The SMILES string of the molecule is CCc1cc2c(cc1C1(CC(=O)O)CC1)OCCCO2. The first-order valence-electron chi connectivity index (χ1n) is 7.29. The van der Waals surface area contributed by atoms with Crippen molar-refractivity contribution in [2.45, 2.75) is 44.4 Å². The maximum Gasteiger partial charge on any atom is 0.304 e. The highest BCUT2D eigenvalue weighted by molar-refractivity contribution is 5.70. The van der Waals surface area contributed by atoms with Crippen molar-refractivity contribution in [2.24, 2.45) is 0 Å². The molecule has 0 saturated heterocycles. The van der Waals surface area contributed by atoms with Gasteiger partial charge in [-0.3, -0.25) is 4.79 Å². The molecular weight excluding hydrogens is 256 g/mol. The van der Waals surface area contributed by atoms with Crippen molar-refractivity contribution < 1.29 is 19.4 Å². The Hall–Kier alpha value is -1.71. The molecule has 1 aromatic rings. The van der Waals surface area contributed by atoms with E-state index >= 15 is 0 Å². The molecule has 0 radical (unpaired) electrons. The topological polar surface area (TPSA) is 55.8 Å². The van der Waals surface area contributed by atoms with Crippen molar-refractivity contribution in [3.05, 3.63) is 23.3 Å². The summed E-state index contributed by atoms with van der Waals surface area (Å²) in [4.78, 5) is 11.1. The predicted molar refractivity (Wildman–Crippen MR) is 74.6 cm³/mol. The third kappa shape index (κ3) is 2.35. The van der Waals surface area contributed by atoms with Crippen LogP contribution in [0.15, 0.2) is 12.1 Å². The van der Waals surface area contributed by atoms with E-state index in [1.54, 1.807) is 0 Å². The van der Waals surface area contributed by atoms with E-state index in [1.165, 1.54) is 5.56 Å². The second-order valence-electron chi connectivity index (χ2n) is 5.71. The molecule has 0 aromatic heterocycles. The lowest BCUT2D eigenvalue weighted by atomic mass is 9.87. The number of fused-ring (bicyclic) bond motifs is 1. The number of hydrogen-bond donors (Lipinski definition) is 1. The molecule has 0 bridgehead atoms. The molecule has 0 amide bonds. The standard InChI is InChI=1S/C16H20O4/c1-2-11-8-13-14(20-7-3-6-19-13)9-12(11)16(4-5-16)10-15(17)18/h8-9H,2-7,10H2,1H3,(H,17,18). The average molecular weight is 276 g/mol. The second-order valence-corrected chi connectivity index (χ2v) is 5.71. The summed E-state index contributed by atoms with van der Waals surface area (Å²) in [5.74, 6) is 0.845. The highest BCUT2D eigenvalue weighted by Gasteiger charge is 2.47. The van der Waals surface area contributed by atoms with Gasteiger partial charge in [-0.05, 0) is 42.5 Å². The summed E-state index contributed by atoms with van der Waals surface area (Å²) in [6, 6.07) is 4.06. The van der Waals surface area contributed by atoms with E-state index in [0.29, 0.717) is 13.2 Å². The molecular formula is C16H20O4. The van der Waals surface area contributed by atoms with Crippen molar-refractivity contribution in [3.8, 4) is 11.5 Å². The number of benzene rings is 1. The Kier molecular flexibility index (Phi) is 3.32. The number of carboxylic acids is 1. The highest BCUT2D eigenvalue weighted by atomic mass is 16.5. The molecule has 1 aliphatic heterocycles. The summed E-state index contributed by atoms with van der Waals surface area (Å²) < 4.78 is 11.5. The van der Waals surface area contributed by atoms with E-state index < -0.39 is 5.97 Å². The van der Waals surface area contributed by atoms with Crippen LogP contribution in [-0.2, 0) is 16.6 Å². The zero-order valence-electron chi connectivity index (χ0n) is 11.8. The molecule has 4 heteroatoms. The molecule has 20 heavy (non-hydrogen) atoms. The molecule has 1 aliphatic carbocycles. The number of hydrogen-bond acceptors (Lipinski definition) is 3. The Bertz CT molecular complexity index is 532. The number of carboxylic acid groups (broad SMARTS) is 1. The van der Waals surface area contributed by atoms with Crippen LogP contribution in [-0.4, -0.2) is 24.3 Å². The van der Waals surface area contributed by atoms with Crippen molar-refractivity contribution in [1.82, 2.24) is 0 Å². The van der Waals surface area contributed by atoms with Crippen LogP contribution in [0.4, 0.5) is 0 Å². The molecule has 1 N–H and O–H groups in total. The van der Waals surface area contributed by atoms with Crippen LogP contribution in [0.1, 0.15) is 43.7 Å². The van der Waals surface area contributed by atoms with Gasteiger partial charge in [-0.25, -0.2) is 0 Å². The van der Waals surface area contributed by atoms with Crippen LogP contribution < -0.4 is 9.47 Å². The molecule has 2 aliphatic rings. The lowest BCUT2D eigenvalue weighted by Crippen LogP contribution is -2.15. The quantitative estimate of drug-likeness (QED) is 0.918.